The number of aromatic amines is 1. The number of aromatic hydroxyl groups is 1. The first-order chi connectivity index (χ1) is 13.1. The zero-order valence-electron chi connectivity index (χ0n) is 15.4. The van der Waals surface area contributed by atoms with Gasteiger partial charge in [-0.2, -0.15) is 0 Å². The zero-order valence-corrected chi connectivity index (χ0v) is 15.4. The van der Waals surface area contributed by atoms with Gasteiger partial charge in [0.05, 0.1) is 7.11 Å². The third-order valence-electron chi connectivity index (χ3n) is 5.33. The fourth-order valence-electron chi connectivity index (χ4n) is 3.91. The van der Waals surface area contributed by atoms with Gasteiger partial charge in [0, 0.05) is 30.1 Å². The Morgan fingerprint density at radius 3 is 2.81 bits per heavy atom. The van der Waals surface area contributed by atoms with Gasteiger partial charge in [0.15, 0.2) is 0 Å². The predicted octanol–water partition coefficient (Wildman–Crippen LogP) is 3.98. The van der Waals surface area contributed by atoms with Gasteiger partial charge < -0.3 is 19.7 Å². The molecule has 1 aromatic heterocycles. The maximum atomic E-state index is 13.0. The van der Waals surface area contributed by atoms with E-state index >= 15 is 0 Å². The molecule has 3 aromatic rings. The number of amides is 1. The molecule has 2 N–H and O–H groups in total. The molecule has 140 valence electrons. The first kappa shape index (κ1) is 17.5. The van der Waals surface area contributed by atoms with Crippen LogP contribution in [0.4, 0.5) is 0 Å². The van der Waals surface area contributed by atoms with E-state index in [1.54, 1.807) is 19.2 Å². The van der Waals surface area contributed by atoms with Crippen molar-refractivity contribution in [2.45, 2.75) is 19.3 Å². The van der Waals surface area contributed by atoms with Crippen LogP contribution >= 0.6 is 0 Å². The number of hydrogen-bond acceptors (Lipinski definition) is 3. The van der Waals surface area contributed by atoms with Crippen LogP contribution < -0.4 is 4.74 Å². The summed E-state index contributed by atoms with van der Waals surface area (Å²) in [6.07, 6.45) is 3.12. The average Bonchev–Trinajstić information content (AvgIpc) is 3.11. The average molecular weight is 364 g/mol. The Balaban J connectivity index is 1.45. The van der Waals surface area contributed by atoms with E-state index in [9.17, 15) is 9.90 Å². The summed E-state index contributed by atoms with van der Waals surface area (Å²) < 4.78 is 5.22. The zero-order chi connectivity index (χ0) is 18.8. The van der Waals surface area contributed by atoms with Crippen molar-refractivity contribution in [1.29, 1.82) is 0 Å². The topological polar surface area (TPSA) is 65.6 Å². The summed E-state index contributed by atoms with van der Waals surface area (Å²) in [6.45, 7) is 1.56. The molecule has 4 rings (SSSR count). The molecule has 1 saturated heterocycles. The van der Waals surface area contributed by atoms with Crippen LogP contribution in [0.2, 0.25) is 0 Å². The second kappa shape index (κ2) is 7.35. The fraction of sp³-hybridized carbons (Fsp3) is 0.318. The van der Waals surface area contributed by atoms with Gasteiger partial charge >= 0.3 is 0 Å². The summed E-state index contributed by atoms with van der Waals surface area (Å²) in [5.74, 6) is 1.56. The number of carbonyl (C=O) groups excluding carboxylic acids is 1. The van der Waals surface area contributed by atoms with Crippen LogP contribution in [-0.2, 0) is 6.42 Å². The lowest BCUT2D eigenvalue weighted by Crippen LogP contribution is -2.40. The summed E-state index contributed by atoms with van der Waals surface area (Å²) in [6, 6.07) is 15.1. The number of piperidine rings is 1. The van der Waals surface area contributed by atoms with Crippen LogP contribution in [0.3, 0.4) is 0 Å². The molecule has 0 radical (unpaired) electrons. The Morgan fingerprint density at radius 2 is 2.04 bits per heavy atom. The number of nitrogens with zero attached hydrogens (tertiary/aromatic N) is 1. The molecule has 0 spiro atoms. The summed E-state index contributed by atoms with van der Waals surface area (Å²) in [7, 11) is 1.67. The van der Waals surface area contributed by atoms with Crippen molar-refractivity contribution in [3.8, 4) is 11.5 Å². The summed E-state index contributed by atoms with van der Waals surface area (Å²) in [5.41, 5.74) is 2.64. The molecule has 5 nitrogen and oxygen atoms in total. The Bertz CT molecular complexity index is 946. The molecular weight excluding hydrogens is 340 g/mol. The summed E-state index contributed by atoms with van der Waals surface area (Å²) >= 11 is 0. The number of carbonyl (C=O) groups is 1. The van der Waals surface area contributed by atoms with E-state index in [4.69, 9.17) is 4.74 Å². The first-order valence-electron chi connectivity index (χ1n) is 9.36. The first-order valence-corrected chi connectivity index (χ1v) is 9.36. The SMILES string of the molecule is COc1ccc(CC2CCCN(C(=O)c3cc4ccc(O)cc4[nH]3)C2)cc1. The van der Waals surface area contributed by atoms with Gasteiger partial charge in [-0.05, 0) is 61.1 Å². The Morgan fingerprint density at radius 1 is 1.22 bits per heavy atom. The number of benzene rings is 2. The Kier molecular flexibility index (Phi) is 4.75. The molecule has 5 heteroatoms. The van der Waals surface area contributed by atoms with Crippen molar-refractivity contribution >= 4 is 16.8 Å². The maximum absolute atomic E-state index is 13.0. The number of phenols is 1. The number of phenolic OH excluding ortho intramolecular Hbond substituents is 1. The van der Waals surface area contributed by atoms with Gasteiger partial charge in [-0.15, -0.1) is 0 Å². The summed E-state index contributed by atoms with van der Waals surface area (Å²) in [5, 5.41) is 10.5. The minimum Gasteiger partial charge on any atom is -0.508 e. The molecule has 1 amide bonds. The molecule has 1 aliphatic rings. The van der Waals surface area contributed by atoms with Gasteiger partial charge in [-0.25, -0.2) is 0 Å². The second-order valence-electron chi connectivity index (χ2n) is 7.27. The largest absolute Gasteiger partial charge is 0.508 e. The summed E-state index contributed by atoms with van der Waals surface area (Å²) in [4.78, 5) is 18.0. The highest BCUT2D eigenvalue weighted by molar-refractivity contribution is 5.98. The number of nitrogens with one attached hydrogen (secondary N) is 1. The number of fused-ring (bicyclic) bond motifs is 1. The molecule has 0 saturated carbocycles. The number of likely N-dealkylation sites (tertiary alicyclic amines) is 1. The molecule has 2 aromatic carbocycles. The van der Waals surface area contributed by atoms with Crippen molar-refractivity contribution in [3.63, 3.8) is 0 Å². The van der Waals surface area contributed by atoms with Gasteiger partial charge in [0.25, 0.3) is 5.91 Å². The minimum atomic E-state index is 0.0325. The van der Waals surface area contributed by atoms with Crippen molar-refractivity contribution < 1.29 is 14.6 Å². The van der Waals surface area contributed by atoms with Crippen LogP contribution in [0.1, 0.15) is 28.9 Å². The van der Waals surface area contributed by atoms with E-state index in [1.165, 1.54) is 5.56 Å². The molecular formula is C22H24N2O3. The molecule has 1 atom stereocenters. The minimum absolute atomic E-state index is 0.0325. The molecule has 2 heterocycles. The number of rotatable bonds is 4. The highest BCUT2D eigenvalue weighted by Crippen LogP contribution is 2.25. The highest BCUT2D eigenvalue weighted by Gasteiger charge is 2.25. The fourth-order valence-corrected chi connectivity index (χ4v) is 3.91. The van der Waals surface area contributed by atoms with Crippen molar-refractivity contribution in [3.05, 3.63) is 59.8 Å². The van der Waals surface area contributed by atoms with Crippen molar-refractivity contribution in [2.24, 2.45) is 5.92 Å². The van der Waals surface area contributed by atoms with Gasteiger partial charge in [-0.3, -0.25) is 4.79 Å². The smallest absolute Gasteiger partial charge is 0.270 e. The van der Waals surface area contributed by atoms with E-state index < -0.39 is 0 Å². The standard InChI is InChI=1S/C22H24N2O3/c1-27-19-8-4-15(5-9-19)11-16-3-2-10-24(14-16)22(26)21-12-17-6-7-18(25)13-20(17)23-21/h4-9,12-13,16,23,25H,2-3,10-11,14H2,1H3. The molecule has 1 fully saturated rings. The number of ether oxygens (including phenoxy) is 1. The van der Waals surface area contributed by atoms with Gasteiger partial charge in [0.1, 0.15) is 17.2 Å². The van der Waals surface area contributed by atoms with E-state index in [0.717, 1.165) is 49.0 Å². The second-order valence-corrected chi connectivity index (χ2v) is 7.27. The van der Waals surface area contributed by atoms with Crippen LogP contribution in [0.25, 0.3) is 10.9 Å². The van der Waals surface area contributed by atoms with Gasteiger partial charge in [-0.1, -0.05) is 12.1 Å². The van der Waals surface area contributed by atoms with Crippen molar-refractivity contribution in [1.82, 2.24) is 9.88 Å². The van der Waals surface area contributed by atoms with E-state index in [1.807, 2.05) is 29.2 Å². The van der Waals surface area contributed by atoms with Crippen LogP contribution in [-0.4, -0.2) is 41.1 Å². The lowest BCUT2D eigenvalue weighted by molar-refractivity contribution is 0.0668. The van der Waals surface area contributed by atoms with E-state index in [2.05, 4.69) is 17.1 Å². The monoisotopic (exact) mass is 364 g/mol. The quantitative estimate of drug-likeness (QED) is 0.736. The lowest BCUT2D eigenvalue weighted by Gasteiger charge is -2.32. The normalized spacial score (nSPS) is 17.2. The van der Waals surface area contributed by atoms with E-state index in [0.29, 0.717) is 11.6 Å². The lowest BCUT2D eigenvalue weighted by atomic mass is 9.91. The third-order valence-corrected chi connectivity index (χ3v) is 5.33. The third kappa shape index (κ3) is 3.77. The molecule has 1 unspecified atom stereocenters. The molecule has 1 aliphatic heterocycles. The molecule has 0 bridgehead atoms. The van der Waals surface area contributed by atoms with E-state index in [-0.39, 0.29) is 11.7 Å². The predicted molar refractivity (Wildman–Crippen MR) is 105 cm³/mol. The number of H-pyrrole nitrogens is 1. The van der Waals surface area contributed by atoms with Crippen molar-refractivity contribution in [2.75, 3.05) is 20.2 Å². The Labute approximate surface area is 158 Å². The molecule has 27 heavy (non-hydrogen) atoms. The number of hydrogen-bond donors (Lipinski definition) is 2. The van der Waals surface area contributed by atoms with Crippen LogP contribution in [0, 0.1) is 5.92 Å². The van der Waals surface area contributed by atoms with Crippen LogP contribution in [0.15, 0.2) is 48.5 Å². The number of methoxy groups -OCH3 is 1. The molecule has 0 aliphatic carbocycles. The number of aromatic nitrogens is 1. The highest BCUT2D eigenvalue weighted by atomic mass is 16.5. The van der Waals surface area contributed by atoms with Crippen LogP contribution in [0.5, 0.6) is 11.5 Å². The maximum Gasteiger partial charge on any atom is 0.270 e. The Hall–Kier alpha value is -2.95. The van der Waals surface area contributed by atoms with Gasteiger partial charge in [0.2, 0.25) is 0 Å².